The van der Waals surface area contributed by atoms with Crippen LogP contribution in [0.2, 0.25) is 0 Å². The molecule has 0 amide bonds. The standard InChI is InChI=1S/C14H20N6S/c1-19(2)14-17-12(16-13(15)18-14)9-20-7-3-5-10(20)11-6-4-8-21-11/h4,6,8,10H,3,5,7,9H2,1-2H3,(H2,15,16,17,18)/t10-/m0/s1. The number of hydrogen-bond acceptors (Lipinski definition) is 7. The van der Waals surface area contributed by atoms with Gasteiger partial charge in [0, 0.05) is 25.0 Å². The molecule has 112 valence electrons. The summed E-state index contributed by atoms with van der Waals surface area (Å²) in [5.74, 6) is 1.65. The monoisotopic (exact) mass is 304 g/mol. The number of anilines is 2. The lowest BCUT2D eigenvalue weighted by Crippen LogP contribution is -2.25. The quantitative estimate of drug-likeness (QED) is 0.930. The highest BCUT2D eigenvalue weighted by atomic mass is 32.1. The maximum atomic E-state index is 5.80. The second-order valence-corrected chi connectivity index (χ2v) is 6.43. The third-order valence-electron chi connectivity index (χ3n) is 3.67. The molecule has 7 heteroatoms. The van der Waals surface area contributed by atoms with Gasteiger partial charge in [-0.1, -0.05) is 6.07 Å². The molecule has 2 N–H and O–H groups in total. The maximum absolute atomic E-state index is 5.80. The number of thiophene rings is 1. The third-order valence-corrected chi connectivity index (χ3v) is 4.64. The summed E-state index contributed by atoms with van der Waals surface area (Å²) in [6.07, 6.45) is 2.41. The molecular formula is C14H20N6S. The van der Waals surface area contributed by atoms with Crippen molar-refractivity contribution in [2.75, 3.05) is 31.3 Å². The number of rotatable bonds is 4. The molecule has 1 aliphatic rings. The Hall–Kier alpha value is -1.73. The fraction of sp³-hybridized carbons (Fsp3) is 0.500. The SMILES string of the molecule is CN(C)c1nc(N)nc(CN2CCC[C@H]2c2cccs2)n1. The average Bonchev–Trinajstić information content (AvgIpc) is 3.08. The van der Waals surface area contributed by atoms with Gasteiger partial charge in [0.25, 0.3) is 0 Å². The van der Waals surface area contributed by atoms with Crippen LogP contribution in [0.5, 0.6) is 0 Å². The molecule has 2 aromatic heterocycles. The Morgan fingerprint density at radius 2 is 2.24 bits per heavy atom. The molecule has 0 unspecified atom stereocenters. The second-order valence-electron chi connectivity index (χ2n) is 5.45. The summed E-state index contributed by atoms with van der Waals surface area (Å²) in [6, 6.07) is 4.80. The van der Waals surface area contributed by atoms with E-state index < -0.39 is 0 Å². The fourth-order valence-corrected chi connectivity index (χ4v) is 3.59. The summed E-state index contributed by atoms with van der Waals surface area (Å²) < 4.78 is 0. The molecule has 1 atom stereocenters. The van der Waals surface area contributed by atoms with Crippen molar-refractivity contribution in [2.45, 2.75) is 25.4 Å². The largest absolute Gasteiger partial charge is 0.368 e. The average molecular weight is 304 g/mol. The van der Waals surface area contributed by atoms with E-state index in [-0.39, 0.29) is 5.95 Å². The van der Waals surface area contributed by atoms with E-state index in [0.717, 1.165) is 18.9 Å². The fourth-order valence-electron chi connectivity index (χ4n) is 2.70. The summed E-state index contributed by atoms with van der Waals surface area (Å²) in [4.78, 5) is 18.6. The molecule has 1 saturated heterocycles. The van der Waals surface area contributed by atoms with E-state index in [4.69, 9.17) is 5.73 Å². The van der Waals surface area contributed by atoms with Crippen molar-refractivity contribution in [2.24, 2.45) is 0 Å². The first-order chi connectivity index (χ1) is 10.1. The normalized spacial score (nSPS) is 19.0. The molecular weight excluding hydrogens is 284 g/mol. The minimum absolute atomic E-state index is 0.288. The maximum Gasteiger partial charge on any atom is 0.229 e. The van der Waals surface area contributed by atoms with Gasteiger partial charge >= 0.3 is 0 Å². The first-order valence-electron chi connectivity index (χ1n) is 7.08. The van der Waals surface area contributed by atoms with Crippen molar-refractivity contribution in [1.82, 2.24) is 19.9 Å². The van der Waals surface area contributed by atoms with Crippen LogP contribution in [0.4, 0.5) is 11.9 Å². The first-order valence-corrected chi connectivity index (χ1v) is 7.96. The van der Waals surface area contributed by atoms with Gasteiger partial charge in [-0.15, -0.1) is 11.3 Å². The lowest BCUT2D eigenvalue weighted by Gasteiger charge is -2.23. The van der Waals surface area contributed by atoms with Crippen LogP contribution in [-0.4, -0.2) is 40.5 Å². The Kier molecular flexibility index (Phi) is 4.03. The Morgan fingerprint density at radius 3 is 2.95 bits per heavy atom. The number of nitrogen functional groups attached to an aromatic ring is 1. The first kappa shape index (κ1) is 14.2. The Morgan fingerprint density at radius 1 is 1.38 bits per heavy atom. The molecule has 0 aliphatic carbocycles. The van der Waals surface area contributed by atoms with Crippen molar-refractivity contribution >= 4 is 23.2 Å². The van der Waals surface area contributed by atoms with Gasteiger partial charge in [0.15, 0.2) is 0 Å². The number of aromatic nitrogens is 3. The van der Waals surface area contributed by atoms with Crippen LogP contribution >= 0.6 is 11.3 Å². The topological polar surface area (TPSA) is 71.2 Å². The molecule has 1 fully saturated rings. The summed E-state index contributed by atoms with van der Waals surface area (Å²) in [6.45, 7) is 1.79. The summed E-state index contributed by atoms with van der Waals surface area (Å²) in [5.41, 5.74) is 5.80. The molecule has 0 saturated carbocycles. The van der Waals surface area contributed by atoms with E-state index >= 15 is 0 Å². The van der Waals surface area contributed by atoms with Crippen molar-refractivity contribution < 1.29 is 0 Å². The van der Waals surface area contributed by atoms with Gasteiger partial charge < -0.3 is 10.6 Å². The number of nitrogens with two attached hydrogens (primary N) is 1. The molecule has 3 rings (SSSR count). The van der Waals surface area contributed by atoms with Gasteiger partial charge in [0.1, 0.15) is 5.82 Å². The van der Waals surface area contributed by atoms with Gasteiger partial charge in [0.2, 0.25) is 11.9 Å². The molecule has 0 bridgehead atoms. The van der Waals surface area contributed by atoms with Gasteiger partial charge in [-0.3, -0.25) is 4.90 Å². The zero-order valence-corrected chi connectivity index (χ0v) is 13.2. The van der Waals surface area contributed by atoms with Crippen LogP contribution < -0.4 is 10.6 Å². The van der Waals surface area contributed by atoms with E-state index in [2.05, 4.69) is 37.4 Å². The summed E-state index contributed by atoms with van der Waals surface area (Å²) >= 11 is 1.82. The number of nitrogens with zero attached hydrogens (tertiary/aromatic N) is 5. The van der Waals surface area contributed by atoms with Crippen LogP contribution in [0.15, 0.2) is 17.5 Å². The smallest absolute Gasteiger partial charge is 0.229 e. The molecule has 2 aromatic rings. The highest BCUT2D eigenvalue weighted by molar-refractivity contribution is 7.10. The second kappa shape index (κ2) is 5.95. The zero-order valence-electron chi connectivity index (χ0n) is 12.4. The molecule has 0 aromatic carbocycles. The highest BCUT2D eigenvalue weighted by Gasteiger charge is 2.27. The predicted octanol–water partition coefficient (Wildman–Crippen LogP) is 1.92. The van der Waals surface area contributed by atoms with Crippen molar-refractivity contribution in [3.8, 4) is 0 Å². The van der Waals surface area contributed by atoms with Gasteiger partial charge in [-0.25, -0.2) is 0 Å². The Balaban J connectivity index is 1.79. The van der Waals surface area contributed by atoms with Crippen LogP contribution in [-0.2, 0) is 6.54 Å². The third kappa shape index (κ3) is 3.14. The Labute approximate surface area is 128 Å². The minimum atomic E-state index is 0.288. The minimum Gasteiger partial charge on any atom is -0.368 e. The van der Waals surface area contributed by atoms with Crippen molar-refractivity contribution in [3.05, 3.63) is 28.2 Å². The summed E-state index contributed by atoms with van der Waals surface area (Å²) in [7, 11) is 3.81. The molecule has 6 nitrogen and oxygen atoms in total. The van der Waals surface area contributed by atoms with Crippen molar-refractivity contribution in [1.29, 1.82) is 0 Å². The molecule has 3 heterocycles. The summed E-state index contributed by atoms with van der Waals surface area (Å²) in [5, 5.41) is 2.14. The van der Waals surface area contributed by atoms with Gasteiger partial charge in [-0.05, 0) is 30.8 Å². The van der Waals surface area contributed by atoms with E-state index in [1.807, 2.05) is 30.3 Å². The zero-order chi connectivity index (χ0) is 14.8. The van der Waals surface area contributed by atoms with Crippen LogP contribution in [0.3, 0.4) is 0 Å². The van der Waals surface area contributed by atoms with Crippen molar-refractivity contribution in [3.63, 3.8) is 0 Å². The lowest BCUT2D eigenvalue weighted by atomic mass is 10.2. The molecule has 1 aliphatic heterocycles. The van der Waals surface area contributed by atoms with E-state index in [9.17, 15) is 0 Å². The number of likely N-dealkylation sites (tertiary alicyclic amines) is 1. The molecule has 21 heavy (non-hydrogen) atoms. The Bertz CT molecular complexity index is 598. The lowest BCUT2D eigenvalue weighted by molar-refractivity contribution is 0.245. The predicted molar refractivity (Wildman–Crippen MR) is 85.3 cm³/mol. The molecule has 0 spiro atoms. The van der Waals surface area contributed by atoms with Crippen LogP contribution in [0.25, 0.3) is 0 Å². The number of hydrogen-bond donors (Lipinski definition) is 1. The highest BCUT2D eigenvalue weighted by Crippen LogP contribution is 2.35. The van der Waals surface area contributed by atoms with Gasteiger partial charge in [0.05, 0.1) is 6.54 Å². The van der Waals surface area contributed by atoms with E-state index in [0.29, 0.717) is 12.0 Å². The van der Waals surface area contributed by atoms with E-state index in [1.165, 1.54) is 17.7 Å². The van der Waals surface area contributed by atoms with E-state index in [1.54, 1.807) is 0 Å². The molecule has 0 radical (unpaired) electrons. The van der Waals surface area contributed by atoms with Gasteiger partial charge in [-0.2, -0.15) is 15.0 Å². The van der Waals surface area contributed by atoms with Crippen LogP contribution in [0, 0.1) is 0 Å². The van der Waals surface area contributed by atoms with Crippen LogP contribution in [0.1, 0.15) is 29.6 Å².